The molecule has 192 valence electrons. The number of hydrogen-bond donors (Lipinski definition) is 1. The molecule has 8 nitrogen and oxygen atoms in total. The lowest BCUT2D eigenvalue weighted by atomic mass is 9.75. The number of rotatable bonds is 5. The molecule has 0 bridgehead atoms. The van der Waals surface area contributed by atoms with Gasteiger partial charge in [0.2, 0.25) is 5.91 Å². The van der Waals surface area contributed by atoms with Gasteiger partial charge >= 0.3 is 5.97 Å². The number of fused-ring (bicyclic) bond motifs is 3. The number of aliphatic hydroxyl groups excluding tert-OH is 1. The van der Waals surface area contributed by atoms with Gasteiger partial charge in [0.1, 0.15) is 24.2 Å². The van der Waals surface area contributed by atoms with Gasteiger partial charge in [0.25, 0.3) is 5.91 Å². The zero-order chi connectivity index (χ0) is 25.8. The smallest absolute Gasteiger partial charge is 0.313 e. The molecule has 2 aromatic carbocycles. The van der Waals surface area contributed by atoms with E-state index in [0.717, 1.165) is 16.5 Å². The summed E-state index contributed by atoms with van der Waals surface area (Å²) in [5.41, 5.74) is -1.65. The molecule has 0 saturated carbocycles. The summed E-state index contributed by atoms with van der Waals surface area (Å²) in [6.45, 7) is 2.50. The molecule has 4 aliphatic rings. The number of amides is 2. The molecule has 0 radical (unpaired) electrons. The lowest BCUT2D eigenvalue weighted by Gasteiger charge is -2.37. The number of ether oxygens (including phenoxy) is 2. The van der Waals surface area contributed by atoms with E-state index in [1.54, 1.807) is 28.9 Å². The molecule has 2 saturated heterocycles. The van der Waals surface area contributed by atoms with E-state index in [-0.39, 0.29) is 31.6 Å². The zero-order valence-electron chi connectivity index (χ0n) is 20.7. The van der Waals surface area contributed by atoms with Crippen molar-refractivity contribution in [3.05, 3.63) is 66.8 Å². The molecule has 8 heteroatoms. The lowest BCUT2D eigenvalue weighted by molar-refractivity contribution is -0.156. The number of nitrogens with zero attached hydrogens (tertiary/aromatic N) is 2. The van der Waals surface area contributed by atoms with Gasteiger partial charge in [-0.25, -0.2) is 0 Å². The van der Waals surface area contributed by atoms with Gasteiger partial charge in [0.05, 0.1) is 11.5 Å². The van der Waals surface area contributed by atoms with E-state index in [1.807, 2.05) is 54.6 Å². The van der Waals surface area contributed by atoms with Gasteiger partial charge in [-0.2, -0.15) is 0 Å². The van der Waals surface area contributed by atoms with Crippen molar-refractivity contribution in [1.29, 1.82) is 0 Å². The third kappa shape index (κ3) is 3.54. The van der Waals surface area contributed by atoms with Crippen molar-refractivity contribution in [1.82, 2.24) is 4.90 Å². The van der Waals surface area contributed by atoms with Gasteiger partial charge in [0.15, 0.2) is 0 Å². The van der Waals surface area contributed by atoms with Crippen LogP contribution in [0.5, 0.6) is 0 Å². The molecule has 1 spiro atoms. The van der Waals surface area contributed by atoms with E-state index in [2.05, 4.69) is 0 Å². The van der Waals surface area contributed by atoms with E-state index >= 15 is 0 Å². The summed E-state index contributed by atoms with van der Waals surface area (Å²) in [6.07, 6.45) is 8.25. The molecule has 1 N–H and O–H groups in total. The topological polar surface area (TPSA) is 96.4 Å². The standard InChI is InChI=1S/C29H30N2O6/c1-28-12-7-17-36-27(35)23(28)22-25(33)31(14-4-5-16-32)24-26(34)30(15-6-13-29(22,24)37-28)21-11-10-19-8-2-3-9-20(19)18-21/h2-3,6-13,18,22-24,32H,4-5,14-17H2,1H3/t22-,23+,24?,28-,29-/m0/s1. The average Bonchev–Trinajstić information content (AvgIpc) is 3.14. The first kappa shape index (κ1) is 23.9. The number of carbonyl (C=O) groups is 3. The van der Waals surface area contributed by atoms with Crippen LogP contribution in [0.15, 0.2) is 66.8 Å². The molecular weight excluding hydrogens is 472 g/mol. The second-order valence-electron chi connectivity index (χ2n) is 10.4. The molecule has 2 fully saturated rings. The number of carbonyl (C=O) groups excluding carboxylic acids is 3. The van der Waals surface area contributed by atoms with Gasteiger partial charge < -0.3 is 24.4 Å². The minimum atomic E-state index is -1.31. The third-order valence-electron chi connectivity index (χ3n) is 8.16. The summed E-state index contributed by atoms with van der Waals surface area (Å²) in [7, 11) is 0. The SMILES string of the molecule is C[C@]12C=CCOC(=O)[C@H]1[C@H]1C(=O)N(CCCCO)C3C(=O)N(c4ccc5ccccc5c4)CC=C[C@@]31O2. The first-order chi connectivity index (χ1) is 17.9. The highest BCUT2D eigenvalue weighted by atomic mass is 16.6. The van der Waals surface area contributed by atoms with Crippen LogP contribution in [0.3, 0.4) is 0 Å². The molecule has 37 heavy (non-hydrogen) atoms. The Morgan fingerprint density at radius 1 is 0.973 bits per heavy atom. The van der Waals surface area contributed by atoms with Crippen molar-refractivity contribution in [3.8, 4) is 0 Å². The highest BCUT2D eigenvalue weighted by Crippen LogP contribution is 2.57. The van der Waals surface area contributed by atoms with Gasteiger partial charge in [-0.3, -0.25) is 14.4 Å². The quantitative estimate of drug-likeness (QED) is 0.384. The van der Waals surface area contributed by atoms with Crippen molar-refractivity contribution < 1.29 is 29.0 Å². The molecule has 1 unspecified atom stereocenters. The minimum Gasteiger partial charge on any atom is -0.461 e. The Morgan fingerprint density at radius 3 is 2.59 bits per heavy atom. The fourth-order valence-electron chi connectivity index (χ4n) is 6.57. The van der Waals surface area contributed by atoms with Crippen LogP contribution < -0.4 is 4.90 Å². The predicted octanol–water partition coefficient (Wildman–Crippen LogP) is 2.60. The Balaban J connectivity index is 1.46. The number of benzene rings is 2. The maximum atomic E-state index is 14.4. The van der Waals surface area contributed by atoms with Crippen LogP contribution in [0.4, 0.5) is 5.69 Å². The highest BCUT2D eigenvalue weighted by molar-refractivity contribution is 6.06. The predicted molar refractivity (Wildman–Crippen MR) is 137 cm³/mol. The fraction of sp³-hybridized carbons (Fsp3) is 0.414. The second kappa shape index (κ2) is 8.82. The summed E-state index contributed by atoms with van der Waals surface area (Å²) in [4.78, 5) is 44.8. The number of aliphatic hydroxyl groups is 1. The molecule has 2 aromatic rings. The monoisotopic (exact) mass is 502 g/mol. The van der Waals surface area contributed by atoms with Crippen molar-refractivity contribution in [2.24, 2.45) is 11.8 Å². The van der Waals surface area contributed by atoms with Gasteiger partial charge in [-0.05, 0) is 48.7 Å². The summed E-state index contributed by atoms with van der Waals surface area (Å²) in [5, 5.41) is 11.4. The van der Waals surface area contributed by atoms with Crippen molar-refractivity contribution >= 4 is 34.2 Å². The Bertz CT molecular complexity index is 1340. The second-order valence-corrected chi connectivity index (χ2v) is 10.4. The number of hydrogen-bond acceptors (Lipinski definition) is 6. The number of cyclic esters (lactones) is 1. The summed E-state index contributed by atoms with van der Waals surface area (Å²) in [5.74, 6) is -2.78. The van der Waals surface area contributed by atoms with E-state index in [1.165, 1.54) is 0 Å². The fourth-order valence-corrected chi connectivity index (χ4v) is 6.57. The summed E-state index contributed by atoms with van der Waals surface area (Å²) < 4.78 is 12.1. The summed E-state index contributed by atoms with van der Waals surface area (Å²) >= 11 is 0. The number of likely N-dealkylation sites (tertiary alicyclic amines) is 1. The normalized spacial score (nSPS) is 32.7. The zero-order valence-corrected chi connectivity index (χ0v) is 20.7. The van der Waals surface area contributed by atoms with Gasteiger partial charge in [-0.1, -0.05) is 48.6 Å². The van der Waals surface area contributed by atoms with Gasteiger partial charge in [-0.15, -0.1) is 0 Å². The number of esters is 1. The van der Waals surface area contributed by atoms with Gasteiger partial charge in [0, 0.05) is 25.4 Å². The van der Waals surface area contributed by atoms with Crippen LogP contribution in [0.1, 0.15) is 19.8 Å². The van der Waals surface area contributed by atoms with E-state index in [0.29, 0.717) is 19.4 Å². The Hall–Kier alpha value is -3.49. The van der Waals surface area contributed by atoms with E-state index in [9.17, 15) is 19.5 Å². The van der Waals surface area contributed by atoms with Crippen molar-refractivity contribution in [3.63, 3.8) is 0 Å². The molecule has 4 heterocycles. The summed E-state index contributed by atoms with van der Waals surface area (Å²) in [6, 6.07) is 12.9. The van der Waals surface area contributed by atoms with Crippen LogP contribution in [-0.2, 0) is 23.9 Å². The van der Waals surface area contributed by atoms with Crippen molar-refractivity contribution in [2.45, 2.75) is 37.0 Å². The third-order valence-corrected chi connectivity index (χ3v) is 8.16. The van der Waals surface area contributed by atoms with Crippen molar-refractivity contribution in [2.75, 3.05) is 31.2 Å². The average molecular weight is 503 g/mol. The first-order valence-electron chi connectivity index (χ1n) is 12.8. The minimum absolute atomic E-state index is 0.00729. The number of unbranched alkanes of at least 4 members (excludes halogenated alkanes) is 1. The van der Waals surface area contributed by atoms with Crippen LogP contribution in [0.25, 0.3) is 10.8 Å². The van der Waals surface area contributed by atoms with Crippen LogP contribution in [0.2, 0.25) is 0 Å². The Morgan fingerprint density at radius 2 is 1.78 bits per heavy atom. The van der Waals surface area contributed by atoms with E-state index < -0.39 is 35.0 Å². The molecule has 5 atom stereocenters. The Labute approximate surface area is 215 Å². The molecule has 0 aromatic heterocycles. The molecule has 0 aliphatic carbocycles. The van der Waals surface area contributed by atoms with E-state index in [4.69, 9.17) is 9.47 Å². The largest absolute Gasteiger partial charge is 0.461 e. The first-order valence-corrected chi connectivity index (χ1v) is 12.8. The molecular formula is C29H30N2O6. The molecule has 6 rings (SSSR count). The molecule has 2 amide bonds. The molecule has 4 aliphatic heterocycles. The Kier molecular flexibility index (Phi) is 5.69. The van der Waals surface area contributed by atoms with Crippen LogP contribution in [-0.4, -0.2) is 71.3 Å². The highest BCUT2D eigenvalue weighted by Gasteiger charge is 2.74. The maximum Gasteiger partial charge on any atom is 0.313 e. The van der Waals surface area contributed by atoms with Crippen LogP contribution in [0, 0.1) is 11.8 Å². The number of anilines is 1. The van der Waals surface area contributed by atoms with Crippen LogP contribution >= 0.6 is 0 Å². The maximum absolute atomic E-state index is 14.4. The lowest BCUT2D eigenvalue weighted by Crippen LogP contribution is -2.56.